The number of Topliss-reactive ketones (excluding diaryl/α,β-unsaturated/α-hetero) is 1. The maximum atomic E-state index is 11.9. The van der Waals surface area contributed by atoms with Crippen molar-refractivity contribution >= 4 is 34.4 Å². The minimum Gasteiger partial charge on any atom is -0.435 e. The van der Waals surface area contributed by atoms with Crippen LogP contribution in [0.5, 0.6) is 0 Å². The summed E-state index contributed by atoms with van der Waals surface area (Å²) in [5, 5.41) is 1.82. The average molecular weight is 365 g/mol. The van der Waals surface area contributed by atoms with E-state index in [0.717, 1.165) is 23.9 Å². The van der Waals surface area contributed by atoms with Crippen LogP contribution in [-0.2, 0) is 20.7 Å². The molecule has 1 N–H and O–H groups in total. The highest BCUT2D eigenvalue weighted by atomic mass is 35.5. The maximum absolute atomic E-state index is 11.9. The monoisotopic (exact) mass is 364 g/mol. The van der Waals surface area contributed by atoms with Gasteiger partial charge in [0.25, 0.3) is 0 Å². The van der Waals surface area contributed by atoms with Crippen LogP contribution in [0, 0.1) is 0 Å². The Labute approximate surface area is 151 Å². The van der Waals surface area contributed by atoms with Gasteiger partial charge in [-0.15, -0.1) is 0 Å². The van der Waals surface area contributed by atoms with Gasteiger partial charge in [-0.1, -0.05) is 11.6 Å². The van der Waals surface area contributed by atoms with Gasteiger partial charge in [0.15, 0.2) is 11.9 Å². The van der Waals surface area contributed by atoms with E-state index in [9.17, 15) is 9.59 Å². The third-order valence-electron chi connectivity index (χ3n) is 4.39. The molecule has 0 aliphatic carbocycles. The van der Waals surface area contributed by atoms with Crippen LogP contribution in [-0.4, -0.2) is 54.2 Å². The van der Waals surface area contributed by atoms with Crippen LogP contribution in [0.25, 0.3) is 10.9 Å². The lowest BCUT2D eigenvalue weighted by atomic mass is 10.1. The number of hydrogen-bond donors (Lipinski definition) is 1. The first kappa shape index (κ1) is 17.8. The van der Waals surface area contributed by atoms with E-state index in [2.05, 4.69) is 9.88 Å². The van der Waals surface area contributed by atoms with Crippen molar-refractivity contribution in [2.75, 3.05) is 26.2 Å². The van der Waals surface area contributed by atoms with E-state index >= 15 is 0 Å². The van der Waals surface area contributed by atoms with E-state index in [4.69, 9.17) is 21.1 Å². The fourth-order valence-corrected chi connectivity index (χ4v) is 3.24. The molecule has 1 aliphatic rings. The Hall–Kier alpha value is -2.05. The second-order valence-electron chi connectivity index (χ2n) is 6.06. The molecule has 0 bridgehead atoms. The highest BCUT2D eigenvalue weighted by molar-refractivity contribution is 6.31. The lowest BCUT2D eigenvalue weighted by molar-refractivity contribution is -0.133. The molecule has 1 saturated heterocycles. The number of likely N-dealkylation sites (tertiary alicyclic amines) is 1. The molecule has 1 aromatic heterocycles. The molecular weight excluding hydrogens is 344 g/mol. The van der Waals surface area contributed by atoms with Crippen molar-refractivity contribution in [2.45, 2.75) is 25.9 Å². The summed E-state index contributed by atoms with van der Waals surface area (Å²) in [6.07, 6.45) is 1.66. The molecule has 1 aromatic carbocycles. The lowest BCUT2D eigenvalue weighted by Gasteiger charge is -2.30. The first-order valence-electron chi connectivity index (χ1n) is 8.41. The minimum absolute atomic E-state index is 0.0526. The molecule has 0 amide bonds. The van der Waals surface area contributed by atoms with Crippen LogP contribution in [0.15, 0.2) is 24.4 Å². The van der Waals surface area contributed by atoms with Gasteiger partial charge in [0.2, 0.25) is 0 Å². The van der Waals surface area contributed by atoms with Gasteiger partial charge in [0.1, 0.15) is 0 Å². The summed E-state index contributed by atoms with van der Waals surface area (Å²) >= 11 is 6.08. The zero-order valence-electron chi connectivity index (χ0n) is 14.1. The number of fused-ring (bicyclic) bond motifs is 1. The van der Waals surface area contributed by atoms with Crippen LogP contribution in [0.2, 0.25) is 5.02 Å². The number of rotatable bonds is 5. The molecule has 3 rings (SSSR count). The van der Waals surface area contributed by atoms with Crippen molar-refractivity contribution in [3.05, 3.63) is 35.0 Å². The van der Waals surface area contributed by atoms with Crippen molar-refractivity contribution < 1.29 is 19.1 Å². The smallest absolute Gasteiger partial charge is 0.435 e. The lowest BCUT2D eigenvalue weighted by Crippen LogP contribution is -2.47. The van der Waals surface area contributed by atoms with Gasteiger partial charge in [0, 0.05) is 48.2 Å². The zero-order chi connectivity index (χ0) is 17.8. The molecule has 7 heteroatoms. The number of aromatic nitrogens is 1. The second kappa shape index (κ2) is 7.89. The predicted octanol–water partition coefficient (Wildman–Crippen LogP) is 3.18. The summed E-state index contributed by atoms with van der Waals surface area (Å²) in [6.45, 7) is 3.77. The first-order chi connectivity index (χ1) is 12.1. The number of carbonyl (C=O) groups excluding carboxylic acids is 2. The van der Waals surface area contributed by atoms with E-state index in [1.165, 1.54) is 5.56 Å². The molecule has 134 valence electrons. The Balaban J connectivity index is 1.59. The standard InChI is InChI=1S/C18H21ClN2O4/c1-2-24-18(23)25-17-11-21(8-6-16(17)22)7-5-12-10-20-15-4-3-13(19)9-14(12)15/h3-4,9-10,17,20H,2,5-8,11H2,1H3. The van der Waals surface area contributed by atoms with E-state index in [1.54, 1.807) is 6.92 Å². The van der Waals surface area contributed by atoms with Crippen molar-refractivity contribution in [1.29, 1.82) is 0 Å². The topological polar surface area (TPSA) is 71.6 Å². The number of benzene rings is 1. The third-order valence-corrected chi connectivity index (χ3v) is 4.62. The quantitative estimate of drug-likeness (QED) is 0.825. The molecule has 25 heavy (non-hydrogen) atoms. The SMILES string of the molecule is CCOC(=O)OC1CN(CCc2c[nH]c3ccc(Cl)cc23)CCC1=O. The van der Waals surface area contributed by atoms with Gasteiger partial charge in [-0.25, -0.2) is 4.79 Å². The van der Waals surface area contributed by atoms with Gasteiger partial charge in [-0.2, -0.15) is 0 Å². The van der Waals surface area contributed by atoms with E-state index in [0.29, 0.717) is 24.5 Å². The average Bonchev–Trinajstić information content (AvgIpc) is 2.98. The summed E-state index contributed by atoms with van der Waals surface area (Å²) in [4.78, 5) is 28.8. The van der Waals surface area contributed by atoms with E-state index in [-0.39, 0.29) is 12.4 Å². The van der Waals surface area contributed by atoms with Crippen molar-refractivity contribution in [2.24, 2.45) is 0 Å². The second-order valence-corrected chi connectivity index (χ2v) is 6.50. The van der Waals surface area contributed by atoms with Crippen LogP contribution in [0.1, 0.15) is 18.9 Å². The van der Waals surface area contributed by atoms with Crippen LogP contribution < -0.4 is 0 Å². The van der Waals surface area contributed by atoms with Crippen LogP contribution >= 0.6 is 11.6 Å². The molecule has 1 aliphatic heterocycles. The molecule has 2 heterocycles. The molecule has 0 spiro atoms. The number of aromatic amines is 1. The predicted molar refractivity (Wildman–Crippen MR) is 95.0 cm³/mol. The summed E-state index contributed by atoms with van der Waals surface area (Å²) in [7, 11) is 0. The highest BCUT2D eigenvalue weighted by Gasteiger charge is 2.30. The van der Waals surface area contributed by atoms with E-state index < -0.39 is 12.3 Å². The molecule has 1 unspecified atom stereocenters. The molecule has 6 nitrogen and oxygen atoms in total. The first-order valence-corrected chi connectivity index (χ1v) is 8.78. The summed E-state index contributed by atoms with van der Waals surface area (Å²) < 4.78 is 9.88. The molecular formula is C18H21ClN2O4. The van der Waals surface area contributed by atoms with Gasteiger partial charge in [-0.05, 0) is 37.1 Å². The molecule has 1 atom stereocenters. The van der Waals surface area contributed by atoms with Gasteiger partial charge < -0.3 is 14.5 Å². The summed E-state index contributed by atoms with van der Waals surface area (Å²) in [5.41, 5.74) is 2.23. The molecule has 0 saturated carbocycles. The van der Waals surface area contributed by atoms with E-state index in [1.807, 2.05) is 24.4 Å². The summed E-state index contributed by atoms with van der Waals surface area (Å²) in [6, 6.07) is 5.77. The number of ketones is 1. The molecule has 1 fully saturated rings. The van der Waals surface area contributed by atoms with Crippen LogP contribution in [0.4, 0.5) is 4.79 Å². The maximum Gasteiger partial charge on any atom is 0.509 e. The van der Waals surface area contributed by atoms with Crippen LogP contribution in [0.3, 0.4) is 0 Å². The number of piperidine rings is 1. The normalized spacial score (nSPS) is 18.5. The number of H-pyrrole nitrogens is 1. The highest BCUT2D eigenvalue weighted by Crippen LogP contribution is 2.23. The number of carbonyl (C=O) groups is 2. The Kier molecular flexibility index (Phi) is 5.60. The van der Waals surface area contributed by atoms with Gasteiger partial charge >= 0.3 is 6.16 Å². The number of halogens is 1. The number of nitrogens with one attached hydrogen (secondary N) is 1. The number of hydrogen-bond acceptors (Lipinski definition) is 5. The number of nitrogens with zero attached hydrogens (tertiary/aromatic N) is 1. The third kappa shape index (κ3) is 4.32. The Bertz CT molecular complexity index is 774. The fraction of sp³-hybridized carbons (Fsp3) is 0.444. The Morgan fingerprint density at radius 3 is 3.08 bits per heavy atom. The Morgan fingerprint density at radius 1 is 1.44 bits per heavy atom. The fourth-order valence-electron chi connectivity index (χ4n) is 3.07. The van der Waals surface area contributed by atoms with Crippen molar-refractivity contribution in [3.63, 3.8) is 0 Å². The number of ether oxygens (including phenoxy) is 2. The molecule has 0 radical (unpaired) electrons. The minimum atomic E-state index is -0.783. The Morgan fingerprint density at radius 2 is 2.28 bits per heavy atom. The summed E-state index contributed by atoms with van der Waals surface area (Å²) in [5.74, 6) is -0.0526. The van der Waals surface area contributed by atoms with Gasteiger partial charge in [0.05, 0.1) is 6.61 Å². The zero-order valence-corrected chi connectivity index (χ0v) is 14.8. The van der Waals surface area contributed by atoms with Crippen molar-refractivity contribution in [1.82, 2.24) is 9.88 Å². The van der Waals surface area contributed by atoms with Gasteiger partial charge in [-0.3, -0.25) is 9.69 Å². The largest absolute Gasteiger partial charge is 0.509 e. The molecule has 2 aromatic rings. The van der Waals surface area contributed by atoms with Crippen molar-refractivity contribution in [3.8, 4) is 0 Å².